The molecule has 0 aromatic heterocycles. The number of halogens is 1. The zero-order valence-electron chi connectivity index (χ0n) is 9.99. The molecule has 0 heterocycles. The van der Waals surface area contributed by atoms with E-state index in [0.717, 1.165) is 10.0 Å². The SMILES string of the molecule is COc1cc(Br)c(CC(C)C(=O)O)cc1OC. The molecular formula is C12H15BrO4. The number of aliphatic carboxylic acids is 1. The first kappa shape index (κ1) is 13.8. The van der Waals surface area contributed by atoms with E-state index < -0.39 is 11.9 Å². The van der Waals surface area contributed by atoms with Crippen LogP contribution < -0.4 is 9.47 Å². The van der Waals surface area contributed by atoms with Crippen LogP contribution in [0.3, 0.4) is 0 Å². The lowest BCUT2D eigenvalue weighted by Crippen LogP contribution is -2.12. The lowest BCUT2D eigenvalue weighted by atomic mass is 10.0. The van der Waals surface area contributed by atoms with Crippen molar-refractivity contribution in [3.05, 3.63) is 22.2 Å². The third-order valence-corrected chi connectivity index (χ3v) is 3.24. The molecule has 1 rings (SSSR count). The molecule has 1 aromatic carbocycles. The highest BCUT2D eigenvalue weighted by molar-refractivity contribution is 9.10. The Kier molecular flexibility index (Phi) is 4.81. The summed E-state index contributed by atoms with van der Waals surface area (Å²) in [5.74, 6) is -0.0366. The molecule has 0 fully saturated rings. The largest absolute Gasteiger partial charge is 0.493 e. The van der Waals surface area contributed by atoms with Gasteiger partial charge >= 0.3 is 5.97 Å². The van der Waals surface area contributed by atoms with Crippen LogP contribution in [0.1, 0.15) is 12.5 Å². The summed E-state index contributed by atoms with van der Waals surface area (Å²) in [7, 11) is 3.11. The number of hydrogen-bond donors (Lipinski definition) is 1. The molecule has 1 atom stereocenters. The van der Waals surface area contributed by atoms with Crippen molar-refractivity contribution in [2.75, 3.05) is 14.2 Å². The van der Waals surface area contributed by atoms with Crippen molar-refractivity contribution in [2.45, 2.75) is 13.3 Å². The van der Waals surface area contributed by atoms with Crippen LogP contribution in [0, 0.1) is 5.92 Å². The van der Waals surface area contributed by atoms with E-state index in [0.29, 0.717) is 17.9 Å². The molecule has 94 valence electrons. The Morgan fingerprint density at radius 3 is 2.35 bits per heavy atom. The first-order valence-electron chi connectivity index (χ1n) is 5.12. The van der Waals surface area contributed by atoms with Gasteiger partial charge in [-0.05, 0) is 24.1 Å². The van der Waals surface area contributed by atoms with Gasteiger partial charge in [-0.25, -0.2) is 0 Å². The average Bonchev–Trinajstić information content (AvgIpc) is 2.30. The van der Waals surface area contributed by atoms with E-state index in [1.54, 1.807) is 33.3 Å². The molecule has 17 heavy (non-hydrogen) atoms. The van der Waals surface area contributed by atoms with Crippen molar-refractivity contribution in [1.82, 2.24) is 0 Å². The van der Waals surface area contributed by atoms with Crippen LogP contribution in [0.5, 0.6) is 11.5 Å². The van der Waals surface area contributed by atoms with Crippen molar-refractivity contribution < 1.29 is 19.4 Å². The quantitative estimate of drug-likeness (QED) is 0.908. The molecule has 0 spiro atoms. The molecule has 1 N–H and O–H groups in total. The minimum absolute atomic E-state index is 0.440. The molecule has 0 saturated carbocycles. The second-order valence-corrected chi connectivity index (χ2v) is 4.60. The molecule has 1 aromatic rings. The van der Waals surface area contributed by atoms with Crippen LogP contribution in [-0.4, -0.2) is 25.3 Å². The van der Waals surface area contributed by atoms with E-state index in [2.05, 4.69) is 15.9 Å². The second-order valence-electron chi connectivity index (χ2n) is 3.74. The van der Waals surface area contributed by atoms with Crippen molar-refractivity contribution in [3.63, 3.8) is 0 Å². The van der Waals surface area contributed by atoms with Gasteiger partial charge in [0.2, 0.25) is 0 Å². The number of rotatable bonds is 5. The monoisotopic (exact) mass is 302 g/mol. The van der Waals surface area contributed by atoms with E-state index in [4.69, 9.17) is 14.6 Å². The van der Waals surface area contributed by atoms with Crippen LogP contribution in [0.4, 0.5) is 0 Å². The third kappa shape index (κ3) is 3.36. The number of benzene rings is 1. The summed E-state index contributed by atoms with van der Waals surface area (Å²) in [4.78, 5) is 10.8. The number of carbonyl (C=O) groups is 1. The van der Waals surface area contributed by atoms with Gasteiger partial charge in [-0.1, -0.05) is 22.9 Å². The minimum Gasteiger partial charge on any atom is -0.493 e. The highest BCUT2D eigenvalue weighted by Crippen LogP contribution is 2.34. The van der Waals surface area contributed by atoms with E-state index in [-0.39, 0.29) is 0 Å². The third-order valence-electron chi connectivity index (χ3n) is 2.50. The summed E-state index contributed by atoms with van der Waals surface area (Å²) in [5.41, 5.74) is 0.887. The Morgan fingerprint density at radius 2 is 1.88 bits per heavy atom. The highest BCUT2D eigenvalue weighted by Gasteiger charge is 2.16. The summed E-state index contributed by atoms with van der Waals surface area (Å²) < 4.78 is 11.2. The van der Waals surface area contributed by atoms with Gasteiger partial charge in [0.25, 0.3) is 0 Å². The fourth-order valence-electron chi connectivity index (χ4n) is 1.47. The van der Waals surface area contributed by atoms with Gasteiger partial charge in [-0.3, -0.25) is 4.79 Å². The predicted molar refractivity (Wildman–Crippen MR) is 67.7 cm³/mol. The van der Waals surface area contributed by atoms with Crippen LogP contribution >= 0.6 is 15.9 Å². The topological polar surface area (TPSA) is 55.8 Å². The zero-order valence-corrected chi connectivity index (χ0v) is 11.6. The summed E-state index contributed by atoms with van der Waals surface area (Å²) in [6.45, 7) is 1.67. The molecule has 0 radical (unpaired) electrons. The van der Waals surface area contributed by atoms with E-state index >= 15 is 0 Å². The number of carboxylic acid groups (broad SMARTS) is 1. The number of ether oxygens (including phenoxy) is 2. The van der Waals surface area contributed by atoms with Crippen LogP contribution in [0.2, 0.25) is 0 Å². The summed E-state index contributed by atoms with van der Waals surface area (Å²) >= 11 is 3.40. The molecule has 4 nitrogen and oxygen atoms in total. The van der Waals surface area contributed by atoms with Crippen molar-refractivity contribution in [1.29, 1.82) is 0 Å². The highest BCUT2D eigenvalue weighted by atomic mass is 79.9. The van der Waals surface area contributed by atoms with Gasteiger partial charge < -0.3 is 14.6 Å². The predicted octanol–water partition coefficient (Wildman–Crippen LogP) is 2.73. The number of methoxy groups -OCH3 is 2. The summed E-state index contributed by atoms with van der Waals surface area (Å²) in [6, 6.07) is 3.57. The Morgan fingerprint density at radius 1 is 1.35 bits per heavy atom. The van der Waals surface area contributed by atoms with Gasteiger partial charge in [0, 0.05) is 4.47 Å². The molecule has 0 bridgehead atoms. The zero-order chi connectivity index (χ0) is 13.0. The lowest BCUT2D eigenvalue weighted by Gasteiger charge is -2.13. The maximum absolute atomic E-state index is 10.8. The summed E-state index contributed by atoms with van der Waals surface area (Å²) in [6.07, 6.45) is 0.441. The minimum atomic E-state index is -0.813. The standard InChI is InChI=1S/C12H15BrO4/c1-7(12(14)15)4-8-5-10(16-2)11(17-3)6-9(8)13/h5-7H,4H2,1-3H3,(H,14,15). The van der Waals surface area contributed by atoms with Gasteiger partial charge in [0.05, 0.1) is 20.1 Å². The number of carboxylic acids is 1. The van der Waals surface area contributed by atoms with Gasteiger partial charge in [-0.2, -0.15) is 0 Å². The Hall–Kier alpha value is -1.23. The molecule has 5 heteroatoms. The number of hydrogen-bond acceptors (Lipinski definition) is 3. The normalized spacial score (nSPS) is 12.0. The van der Waals surface area contributed by atoms with Gasteiger partial charge in [-0.15, -0.1) is 0 Å². The first-order chi connectivity index (χ1) is 7.99. The summed E-state index contributed by atoms with van der Waals surface area (Å²) in [5, 5.41) is 8.89. The smallest absolute Gasteiger partial charge is 0.306 e. The van der Waals surface area contributed by atoms with E-state index in [9.17, 15) is 4.79 Å². The Bertz CT molecular complexity index is 417. The molecule has 0 amide bonds. The van der Waals surface area contributed by atoms with Crippen LogP contribution in [-0.2, 0) is 11.2 Å². The van der Waals surface area contributed by atoms with Crippen molar-refractivity contribution in [2.24, 2.45) is 5.92 Å². The van der Waals surface area contributed by atoms with Gasteiger partial charge in [0.1, 0.15) is 0 Å². The maximum Gasteiger partial charge on any atom is 0.306 e. The van der Waals surface area contributed by atoms with E-state index in [1.807, 2.05) is 0 Å². The second kappa shape index (κ2) is 5.91. The average molecular weight is 303 g/mol. The molecule has 0 saturated heterocycles. The van der Waals surface area contributed by atoms with E-state index in [1.165, 1.54) is 0 Å². The molecule has 1 unspecified atom stereocenters. The molecule has 0 aliphatic rings. The fraction of sp³-hybridized carbons (Fsp3) is 0.417. The van der Waals surface area contributed by atoms with Crippen LogP contribution in [0.15, 0.2) is 16.6 Å². The Balaban J connectivity index is 3.04. The Labute approximate surface area is 109 Å². The van der Waals surface area contributed by atoms with Crippen LogP contribution in [0.25, 0.3) is 0 Å². The van der Waals surface area contributed by atoms with Crippen molar-refractivity contribution in [3.8, 4) is 11.5 Å². The maximum atomic E-state index is 10.8. The van der Waals surface area contributed by atoms with Crippen molar-refractivity contribution >= 4 is 21.9 Å². The lowest BCUT2D eigenvalue weighted by molar-refractivity contribution is -0.141. The molecule has 0 aliphatic heterocycles. The molecule has 0 aliphatic carbocycles. The first-order valence-corrected chi connectivity index (χ1v) is 5.92. The molecular weight excluding hydrogens is 288 g/mol. The van der Waals surface area contributed by atoms with Gasteiger partial charge in [0.15, 0.2) is 11.5 Å². The fourth-order valence-corrected chi connectivity index (χ4v) is 1.95.